The Morgan fingerprint density at radius 2 is 2.31 bits per heavy atom. The summed E-state index contributed by atoms with van der Waals surface area (Å²) in [5.74, 6) is 2.63. The standard InChI is InChI=1S/C11H21NO/c1-4-6-7-9-12-11(8-5-2)10-13-3/h1,11-12H,5-10H2,2-3H3. The number of rotatable bonds is 8. The average molecular weight is 183 g/mol. The maximum Gasteiger partial charge on any atom is 0.0615 e. The molecule has 0 heterocycles. The molecule has 0 amide bonds. The fraction of sp³-hybridized carbons (Fsp3) is 0.818. The van der Waals surface area contributed by atoms with Crippen LogP contribution in [-0.4, -0.2) is 26.3 Å². The topological polar surface area (TPSA) is 21.3 Å². The van der Waals surface area contributed by atoms with Gasteiger partial charge in [0, 0.05) is 19.6 Å². The van der Waals surface area contributed by atoms with Crippen molar-refractivity contribution in [3.8, 4) is 12.3 Å². The van der Waals surface area contributed by atoms with Crippen molar-refractivity contribution < 1.29 is 4.74 Å². The van der Waals surface area contributed by atoms with Crippen LogP contribution in [0.5, 0.6) is 0 Å². The van der Waals surface area contributed by atoms with E-state index in [1.807, 2.05) is 0 Å². The Morgan fingerprint density at radius 1 is 1.54 bits per heavy atom. The van der Waals surface area contributed by atoms with Crippen molar-refractivity contribution in [1.82, 2.24) is 5.32 Å². The van der Waals surface area contributed by atoms with Gasteiger partial charge < -0.3 is 10.1 Å². The van der Waals surface area contributed by atoms with Crippen LogP contribution < -0.4 is 5.32 Å². The molecule has 13 heavy (non-hydrogen) atoms. The van der Waals surface area contributed by atoms with Crippen molar-refractivity contribution in [2.24, 2.45) is 0 Å². The van der Waals surface area contributed by atoms with E-state index in [2.05, 4.69) is 18.2 Å². The van der Waals surface area contributed by atoms with Gasteiger partial charge in [-0.1, -0.05) is 13.3 Å². The smallest absolute Gasteiger partial charge is 0.0615 e. The number of methoxy groups -OCH3 is 1. The first kappa shape index (κ1) is 12.5. The highest BCUT2D eigenvalue weighted by Crippen LogP contribution is 1.97. The summed E-state index contributed by atoms with van der Waals surface area (Å²) in [4.78, 5) is 0. The van der Waals surface area contributed by atoms with Gasteiger partial charge in [-0.2, -0.15) is 0 Å². The minimum atomic E-state index is 0.493. The molecule has 0 aliphatic rings. The summed E-state index contributed by atoms with van der Waals surface area (Å²) in [6, 6.07) is 0.493. The van der Waals surface area contributed by atoms with Crippen molar-refractivity contribution in [1.29, 1.82) is 0 Å². The highest BCUT2D eigenvalue weighted by Gasteiger charge is 2.04. The van der Waals surface area contributed by atoms with E-state index in [0.29, 0.717) is 6.04 Å². The van der Waals surface area contributed by atoms with Gasteiger partial charge in [0.2, 0.25) is 0 Å². The third-order valence-electron chi connectivity index (χ3n) is 1.94. The molecule has 1 atom stereocenters. The van der Waals surface area contributed by atoms with E-state index >= 15 is 0 Å². The lowest BCUT2D eigenvalue weighted by Crippen LogP contribution is -2.33. The summed E-state index contributed by atoms with van der Waals surface area (Å²) in [5, 5.41) is 3.44. The molecular formula is C11H21NO. The van der Waals surface area contributed by atoms with Gasteiger partial charge in [0.25, 0.3) is 0 Å². The Balaban J connectivity index is 3.39. The molecule has 1 unspecified atom stereocenters. The second-order valence-corrected chi connectivity index (χ2v) is 3.20. The van der Waals surface area contributed by atoms with Gasteiger partial charge >= 0.3 is 0 Å². The third-order valence-corrected chi connectivity index (χ3v) is 1.94. The fourth-order valence-electron chi connectivity index (χ4n) is 1.29. The SMILES string of the molecule is C#CCCCNC(CCC)COC. The van der Waals surface area contributed by atoms with Gasteiger partial charge in [0.05, 0.1) is 6.61 Å². The molecule has 0 fully saturated rings. The summed E-state index contributed by atoms with van der Waals surface area (Å²) in [6.45, 7) is 3.98. The van der Waals surface area contributed by atoms with Crippen LogP contribution in [0, 0.1) is 12.3 Å². The summed E-state index contributed by atoms with van der Waals surface area (Å²) >= 11 is 0. The number of nitrogens with one attached hydrogen (secondary N) is 1. The molecule has 0 spiro atoms. The first-order valence-electron chi connectivity index (χ1n) is 5.00. The van der Waals surface area contributed by atoms with Crippen LogP contribution in [0.15, 0.2) is 0 Å². The van der Waals surface area contributed by atoms with Gasteiger partial charge in [0.1, 0.15) is 0 Å². The molecule has 0 radical (unpaired) electrons. The number of ether oxygens (including phenoxy) is 1. The van der Waals surface area contributed by atoms with Crippen LogP contribution in [-0.2, 0) is 4.74 Å². The normalized spacial score (nSPS) is 12.4. The molecule has 1 N–H and O–H groups in total. The zero-order valence-corrected chi connectivity index (χ0v) is 8.81. The highest BCUT2D eigenvalue weighted by molar-refractivity contribution is 4.83. The quantitative estimate of drug-likeness (QED) is 0.458. The van der Waals surface area contributed by atoms with Gasteiger partial charge in [-0.25, -0.2) is 0 Å². The van der Waals surface area contributed by atoms with E-state index < -0.39 is 0 Å². The second-order valence-electron chi connectivity index (χ2n) is 3.20. The average Bonchev–Trinajstić information content (AvgIpc) is 2.13. The number of unbranched alkanes of at least 4 members (excludes halogenated alkanes) is 1. The Morgan fingerprint density at radius 3 is 2.85 bits per heavy atom. The lowest BCUT2D eigenvalue weighted by Gasteiger charge is -2.16. The van der Waals surface area contributed by atoms with Gasteiger partial charge in [-0.15, -0.1) is 12.3 Å². The predicted octanol–water partition coefficient (Wildman–Crippen LogP) is 1.80. The first-order valence-corrected chi connectivity index (χ1v) is 5.00. The molecule has 0 saturated carbocycles. The van der Waals surface area contributed by atoms with Crippen LogP contribution in [0.25, 0.3) is 0 Å². The van der Waals surface area contributed by atoms with E-state index in [-0.39, 0.29) is 0 Å². The van der Waals surface area contributed by atoms with Gasteiger partial charge in [0.15, 0.2) is 0 Å². The minimum Gasteiger partial charge on any atom is -0.383 e. The van der Waals surface area contributed by atoms with Crippen LogP contribution in [0.4, 0.5) is 0 Å². The summed E-state index contributed by atoms with van der Waals surface area (Å²) in [6.07, 6.45) is 9.44. The highest BCUT2D eigenvalue weighted by atomic mass is 16.5. The largest absolute Gasteiger partial charge is 0.383 e. The van der Waals surface area contributed by atoms with Gasteiger partial charge in [-0.3, -0.25) is 0 Å². The van der Waals surface area contributed by atoms with Crippen molar-refractivity contribution in [3.05, 3.63) is 0 Å². The molecule has 0 aromatic rings. The van der Waals surface area contributed by atoms with E-state index in [9.17, 15) is 0 Å². The van der Waals surface area contributed by atoms with Crippen molar-refractivity contribution in [2.75, 3.05) is 20.3 Å². The van der Waals surface area contributed by atoms with Crippen LogP contribution in [0.3, 0.4) is 0 Å². The molecule has 2 heteroatoms. The number of hydrogen-bond donors (Lipinski definition) is 1. The van der Waals surface area contributed by atoms with Crippen LogP contribution >= 0.6 is 0 Å². The molecule has 0 aromatic heterocycles. The Bertz CT molecular complexity index is 134. The maximum atomic E-state index is 5.16. The zero-order valence-electron chi connectivity index (χ0n) is 8.81. The maximum absolute atomic E-state index is 5.16. The third kappa shape index (κ3) is 7.83. The monoisotopic (exact) mass is 183 g/mol. The summed E-state index contributed by atoms with van der Waals surface area (Å²) in [7, 11) is 1.74. The molecule has 0 bridgehead atoms. The predicted molar refractivity (Wildman–Crippen MR) is 56.6 cm³/mol. The zero-order chi connectivity index (χ0) is 9.94. The Kier molecular flexibility index (Phi) is 9.18. The summed E-state index contributed by atoms with van der Waals surface area (Å²) < 4.78 is 5.11. The Hall–Kier alpha value is -0.520. The minimum absolute atomic E-state index is 0.493. The summed E-state index contributed by atoms with van der Waals surface area (Å²) in [5.41, 5.74) is 0. The molecule has 0 aromatic carbocycles. The van der Waals surface area contributed by atoms with E-state index in [4.69, 9.17) is 11.2 Å². The van der Waals surface area contributed by atoms with Crippen molar-refractivity contribution in [3.63, 3.8) is 0 Å². The van der Waals surface area contributed by atoms with Crippen LogP contribution in [0.2, 0.25) is 0 Å². The molecule has 0 aliphatic carbocycles. The van der Waals surface area contributed by atoms with E-state index in [1.54, 1.807) is 7.11 Å². The van der Waals surface area contributed by atoms with Crippen LogP contribution in [0.1, 0.15) is 32.6 Å². The lowest BCUT2D eigenvalue weighted by molar-refractivity contribution is 0.162. The van der Waals surface area contributed by atoms with E-state index in [0.717, 1.165) is 26.0 Å². The van der Waals surface area contributed by atoms with E-state index in [1.165, 1.54) is 12.8 Å². The number of hydrogen-bond acceptors (Lipinski definition) is 2. The first-order chi connectivity index (χ1) is 6.35. The van der Waals surface area contributed by atoms with Crippen molar-refractivity contribution >= 4 is 0 Å². The molecule has 0 aliphatic heterocycles. The molecule has 0 rings (SSSR count). The molecular weight excluding hydrogens is 162 g/mol. The van der Waals surface area contributed by atoms with Gasteiger partial charge in [-0.05, 0) is 19.4 Å². The Labute approximate surface area is 82.1 Å². The lowest BCUT2D eigenvalue weighted by atomic mass is 10.2. The molecule has 0 saturated heterocycles. The fourth-order valence-corrected chi connectivity index (χ4v) is 1.29. The van der Waals surface area contributed by atoms with Crippen molar-refractivity contribution in [2.45, 2.75) is 38.6 Å². The molecule has 2 nitrogen and oxygen atoms in total. The number of terminal acetylenes is 1. The second kappa shape index (κ2) is 9.57. The molecule has 76 valence electrons.